The Hall–Kier alpha value is -2.98. The van der Waals surface area contributed by atoms with E-state index in [9.17, 15) is 22.8 Å². The summed E-state index contributed by atoms with van der Waals surface area (Å²) in [7, 11) is 0. The lowest BCUT2D eigenvalue weighted by molar-refractivity contribution is -0.137. The molecule has 0 aliphatic carbocycles. The number of hydrogen-bond donors (Lipinski definition) is 2. The Morgan fingerprint density at radius 3 is 2.53 bits per heavy atom. The molecule has 2 fully saturated rings. The van der Waals surface area contributed by atoms with Gasteiger partial charge in [-0.3, -0.25) is 14.7 Å². The van der Waals surface area contributed by atoms with E-state index in [1.54, 1.807) is 6.07 Å². The van der Waals surface area contributed by atoms with Crippen molar-refractivity contribution in [2.75, 3.05) is 57.3 Å². The molecule has 3 rings (SSSR count). The molecule has 0 bridgehead atoms. The van der Waals surface area contributed by atoms with Gasteiger partial charge in [-0.25, -0.2) is 4.79 Å². The number of benzene rings is 1. The molecule has 2 aliphatic rings. The molecule has 0 aromatic heterocycles. The number of urea groups is 1. The first-order valence-electron chi connectivity index (χ1n) is 9.83. The van der Waals surface area contributed by atoms with Crippen molar-refractivity contribution in [3.8, 4) is 0 Å². The first kappa shape index (κ1) is 21.7. The number of anilines is 1. The Bertz CT molecular complexity index is 790. The smallest absolute Gasteiger partial charge is 0.368 e. The van der Waals surface area contributed by atoms with Gasteiger partial charge in [0, 0.05) is 38.4 Å². The number of piperazine rings is 1. The molecule has 0 spiro atoms. The summed E-state index contributed by atoms with van der Waals surface area (Å²) in [5.74, 6) is 0.392. The van der Waals surface area contributed by atoms with Gasteiger partial charge in [-0.05, 0) is 25.1 Å². The van der Waals surface area contributed by atoms with E-state index in [1.165, 1.54) is 12.1 Å². The lowest BCUT2D eigenvalue weighted by atomic mass is 10.1. The second-order valence-electron chi connectivity index (χ2n) is 6.96. The van der Waals surface area contributed by atoms with Crippen LogP contribution in [-0.2, 0) is 11.0 Å². The predicted molar refractivity (Wildman–Crippen MR) is 106 cm³/mol. The Morgan fingerprint density at radius 1 is 1.20 bits per heavy atom. The number of carbonyl (C=O) groups excluding carboxylic acids is 2. The average Bonchev–Trinajstić information content (AvgIpc) is 3.05. The molecule has 0 saturated carbocycles. The molecule has 11 heteroatoms. The van der Waals surface area contributed by atoms with Crippen molar-refractivity contribution in [3.05, 3.63) is 29.8 Å². The maximum Gasteiger partial charge on any atom is 0.416 e. The summed E-state index contributed by atoms with van der Waals surface area (Å²) in [5.41, 5.74) is -0.109. The predicted octanol–water partition coefficient (Wildman–Crippen LogP) is 1.34. The summed E-state index contributed by atoms with van der Waals surface area (Å²) in [6.07, 6.45) is -4.36. The fraction of sp³-hybridized carbons (Fsp3) is 0.526. The SMILES string of the molecule is CCNC(=NCCN1C(=O)CNC1=O)N1CCN(c2cccc(C(F)(F)F)c2)CC1. The minimum absolute atomic E-state index is 0.0140. The van der Waals surface area contributed by atoms with E-state index in [2.05, 4.69) is 15.6 Å². The van der Waals surface area contributed by atoms with Crippen molar-refractivity contribution in [2.45, 2.75) is 13.1 Å². The second-order valence-corrected chi connectivity index (χ2v) is 6.96. The van der Waals surface area contributed by atoms with Gasteiger partial charge in [0.2, 0.25) is 5.91 Å². The van der Waals surface area contributed by atoms with Crippen LogP contribution in [0.25, 0.3) is 0 Å². The van der Waals surface area contributed by atoms with Crippen LogP contribution in [0.5, 0.6) is 0 Å². The Kier molecular flexibility index (Phi) is 6.68. The van der Waals surface area contributed by atoms with Gasteiger partial charge in [0.15, 0.2) is 5.96 Å². The lowest BCUT2D eigenvalue weighted by Gasteiger charge is -2.38. The summed E-state index contributed by atoms with van der Waals surface area (Å²) >= 11 is 0. The maximum absolute atomic E-state index is 13.0. The monoisotopic (exact) mass is 426 g/mol. The Labute approximate surface area is 172 Å². The van der Waals surface area contributed by atoms with Gasteiger partial charge in [-0.15, -0.1) is 0 Å². The molecule has 30 heavy (non-hydrogen) atoms. The number of nitrogens with one attached hydrogen (secondary N) is 2. The summed E-state index contributed by atoms with van der Waals surface area (Å²) in [6.45, 7) is 5.36. The van der Waals surface area contributed by atoms with Gasteiger partial charge in [0.25, 0.3) is 0 Å². The number of amides is 3. The zero-order chi connectivity index (χ0) is 21.7. The molecule has 0 atom stereocenters. The topological polar surface area (TPSA) is 80.3 Å². The third-order valence-electron chi connectivity index (χ3n) is 4.97. The van der Waals surface area contributed by atoms with Crippen LogP contribution in [0.4, 0.5) is 23.7 Å². The van der Waals surface area contributed by atoms with Crippen molar-refractivity contribution in [3.63, 3.8) is 0 Å². The number of imide groups is 1. The fourth-order valence-electron chi connectivity index (χ4n) is 3.42. The number of nitrogens with zero attached hydrogens (tertiary/aromatic N) is 4. The van der Waals surface area contributed by atoms with Gasteiger partial charge in [-0.1, -0.05) is 6.07 Å². The van der Waals surface area contributed by atoms with Gasteiger partial charge in [0.1, 0.15) is 0 Å². The van der Waals surface area contributed by atoms with E-state index < -0.39 is 17.8 Å². The van der Waals surface area contributed by atoms with Crippen molar-refractivity contribution < 1.29 is 22.8 Å². The minimum Gasteiger partial charge on any atom is -0.368 e. The minimum atomic E-state index is -4.36. The maximum atomic E-state index is 13.0. The molecule has 1 aromatic carbocycles. The van der Waals surface area contributed by atoms with Crippen LogP contribution in [0, 0.1) is 0 Å². The summed E-state index contributed by atoms with van der Waals surface area (Å²) in [5, 5.41) is 5.66. The molecule has 2 N–H and O–H groups in total. The van der Waals surface area contributed by atoms with E-state index in [-0.39, 0.29) is 25.5 Å². The molecule has 1 aromatic rings. The van der Waals surface area contributed by atoms with Crippen molar-refractivity contribution in [1.82, 2.24) is 20.4 Å². The molecule has 2 aliphatic heterocycles. The van der Waals surface area contributed by atoms with E-state index in [1.807, 2.05) is 16.7 Å². The quantitative estimate of drug-likeness (QED) is 0.422. The largest absolute Gasteiger partial charge is 0.416 e. The van der Waals surface area contributed by atoms with E-state index in [0.29, 0.717) is 44.4 Å². The van der Waals surface area contributed by atoms with Gasteiger partial charge in [-0.2, -0.15) is 13.2 Å². The molecule has 3 amide bonds. The molecule has 2 saturated heterocycles. The Morgan fingerprint density at radius 2 is 1.93 bits per heavy atom. The van der Waals surface area contributed by atoms with Gasteiger partial charge in [0.05, 0.1) is 25.2 Å². The zero-order valence-corrected chi connectivity index (χ0v) is 16.7. The van der Waals surface area contributed by atoms with Gasteiger partial charge >= 0.3 is 12.2 Å². The highest BCUT2D eigenvalue weighted by atomic mass is 19.4. The molecule has 164 valence electrons. The molecular weight excluding hydrogens is 401 g/mol. The van der Waals surface area contributed by atoms with Crippen LogP contribution in [0.2, 0.25) is 0 Å². The normalized spacial score (nSPS) is 18.1. The van der Waals surface area contributed by atoms with Gasteiger partial charge < -0.3 is 20.4 Å². The number of guanidine groups is 1. The van der Waals surface area contributed by atoms with Crippen molar-refractivity contribution >= 4 is 23.6 Å². The highest BCUT2D eigenvalue weighted by Gasteiger charge is 2.31. The van der Waals surface area contributed by atoms with Crippen LogP contribution in [0.1, 0.15) is 12.5 Å². The summed E-state index contributed by atoms with van der Waals surface area (Å²) in [6, 6.07) is 4.94. The van der Waals surface area contributed by atoms with E-state index >= 15 is 0 Å². The molecular formula is C19H25F3N6O2. The standard InChI is InChI=1S/C19H25F3N6O2/c1-2-23-17(24-6-7-28-16(29)13-25-18(28)30)27-10-8-26(9-11-27)15-5-3-4-14(12-15)19(20,21)22/h3-5,12H,2,6-11,13H2,1H3,(H,23,24)(H,25,30). The second kappa shape index (κ2) is 9.23. The third kappa shape index (κ3) is 5.14. The third-order valence-corrected chi connectivity index (χ3v) is 4.97. The number of aliphatic imine (C=N–C) groups is 1. The Balaban J connectivity index is 1.58. The lowest BCUT2D eigenvalue weighted by Crippen LogP contribution is -2.52. The summed E-state index contributed by atoms with van der Waals surface area (Å²) < 4.78 is 38.9. The summed E-state index contributed by atoms with van der Waals surface area (Å²) in [4.78, 5) is 32.8. The highest BCUT2D eigenvalue weighted by Crippen LogP contribution is 2.31. The van der Waals surface area contributed by atoms with Crippen LogP contribution < -0.4 is 15.5 Å². The van der Waals surface area contributed by atoms with Crippen LogP contribution >= 0.6 is 0 Å². The molecule has 2 heterocycles. The van der Waals surface area contributed by atoms with Crippen molar-refractivity contribution in [1.29, 1.82) is 0 Å². The highest BCUT2D eigenvalue weighted by molar-refractivity contribution is 6.01. The number of alkyl halides is 3. The van der Waals surface area contributed by atoms with Crippen LogP contribution in [0.3, 0.4) is 0 Å². The molecule has 0 unspecified atom stereocenters. The molecule has 8 nitrogen and oxygen atoms in total. The average molecular weight is 426 g/mol. The first-order chi connectivity index (χ1) is 14.3. The van der Waals surface area contributed by atoms with Crippen LogP contribution in [-0.4, -0.2) is 80.1 Å². The number of carbonyl (C=O) groups is 2. The molecule has 0 radical (unpaired) electrons. The number of halogens is 3. The van der Waals surface area contributed by atoms with E-state index in [0.717, 1.165) is 11.0 Å². The van der Waals surface area contributed by atoms with E-state index in [4.69, 9.17) is 0 Å². The number of rotatable bonds is 5. The fourth-order valence-corrected chi connectivity index (χ4v) is 3.42. The van der Waals surface area contributed by atoms with Crippen molar-refractivity contribution in [2.24, 2.45) is 4.99 Å². The number of hydrogen-bond acceptors (Lipinski definition) is 4. The zero-order valence-electron chi connectivity index (χ0n) is 16.7. The first-order valence-corrected chi connectivity index (χ1v) is 9.83. The van der Waals surface area contributed by atoms with Crippen LogP contribution in [0.15, 0.2) is 29.3 Å².